The maximum absolute atomic E-state index is 9.92. The predicted octanol–water partition coefficient (Wildman–Crippen LogP) is 0.788. The van der Waals surface area contributed by atoms with E-state index in [2.05, 4.69) is 25.3 Å². The van der Waals surface area contributed by atoms with Crippen LogP contribution in [-0.4, -0.2) is 42.5 Å². The molecule has 8 heteroatoms. The highest BCUT2D eigenvalue weighted by Crippen LogP contribution is 2.30. The van der Waals surface area contributed by atoms with Crippen LogP contribution >= 0.6 is 37.3 Å². The molecule has 0 aromatic rings. The third kappa shape index (κ3) is 9.34. The lowest BCUT2D eigenvalue weighted by atomic mass is 9.97. The van der Waals surface area contributed by atoms with E-state index in [0.717, 1.165) is 0 Å². The molecule has 0 atom stereocenters. The summed E-state index contributed by atoms with van der Waals surface area (Å²) in [6, 6.07) is 0. The molecule has 0 rings (SSSR count). The van der Waals surface area contributed by atoms with Crippen LogP contribution in [0.5, 0.6) is 0 Å². The molecule has 0 aromatic carbocycles. The molecule has 92 valence electrons. The Morgan fingerprint density at radius 2 is 1.60 bits per heavy atom. The summed E-state index contributed by atoms with van der Waals surface area (Å²) >= 11 is 6.98. The molecule has 4 N–H and O–H groups in total. The molecule has 5 nitrogen and oxygen atoms in total. The van der Waals surface area contributed by atoms with Crippen LogP contribution in [-0.2, 0) is 4.79 Å². The molecular formula is C7H16O5S3. The molecule has 0 aromatic heterocycles. The highest BCUT2D eigenvalue weighted by Gasteiger charge is 2.30. The van der Waals surface area contributed by atoms with Crippen molar-refractivity contribution < 1.29 is 24.7 Å². The molecule has 0 bridgehead atoms. The lowest BCUT2D eigenvalue weighted by molar-refractivity contribution is -0.135. The van der Waals surface area contributed by atoms with Crippen molar-refractivity contribution in [1.29, 1.82) is 0 Å². The summed E-state index contributed by atoms with van der Waals surface area (Å²) in [4.78, 5) is 9.92. The van der Waals surface area contributed by atoms with Gasteiger partial charge in [0.1, 0.15) is 0 Å². The van der Waals surface area contributed by atoms with E-state index in [1.165, 1.54) is 0 Å². The number of aliphatic hydroxyl groups is 2. The number of carbonyl (C=O) groups is 1. The van der Waals surface area contributed by atoms with Crippen molar-refractivity contribution in [3.05, 3.63) is 0 Å². The third-order valence-corrected chi connectivity index (χ3v) is 2.56. The first kappa shape index (κ1) is 17.8. The molecule has 0 saturated heterocycles. The quantitative estimate of drug-likeness (QED) is 0.258. The van der Waals surface area contributed by atoms with Gasteiger partial charge in [-0.15, -0.1) is 25.3 Å². The van der Waals surface area contributed by atoms with Crippen molar-refractivity contribution in [1.82, 2.24) is 0 Å². The van der Waals surface area contributed by atoms with E-state index >= 15 is 0 Å². The second-order valence-corrected chi connectivity index (χ2v) is 6.58. The van der Waals surface area contributed by atoms with Crippen molar-refractivity contribution in [2.24, 2.45) is 5.41 Å². The van der Waals surface area contributed by atoms with Crippen molar-refractivity contribution in [3.63, 3.8) is 0 Å². The van der Waals surface area contributed by atoms with Gasteiger partial charge in [0.25, 0.3) is 0 Å². The van der Waals surface area contributed by atoms with Gasteiger partial charge in [-0.2, -0.15) is 0 Å². The number of carboxylic acids is 1. The van der Waals surface area contributed by atoms with Crippen LogP contribution in [0.2, 0.25) is 0 Å². The predicted molar refractivity (Wildman–Crippen MR) is 66.5 cm³/mol. The monoisotopic (exact) mass is 276 g/mol. The summed E-state index contributed by atoms with van der Waals surface area (Å²) in [6.07, 6.45) is 0. The number of thiol groups is 2. The summed E-state index contributed by atoms with van der Waals surface area (Å²) in [5.74, 6) is -1.28. The average molecular weight is 276 g/mol. The summed E-state index contributed by atoms with van der Waals surface area (Å²) in [7, 11) is 0. The molecule has 0 spiro atoms. The Hall–Kier alpha value is 0.400. The molecule has 15 heavy (non-hydrogen) atoms. The maximum atomic E-state index is 9.92. The molecule has 0 aliphatic rings. The molecule has 0 aliphatic carbocycles. The highest BCUT2D eigenvalue weighted by atomic mass is 32.2. The van der Waals surface area contributed by atoms with Crippen LogP contribution in [0.15, 0.2) is 0 Å². The Morgan fingerprint density at radius 3 is 1.60 bits per heavy atom. The van der Waals surface area contributed by atoms with E-state index in [1.54, 1.807) is 13.8 Å². The highest BCUT2D eigenvalue weighted by molar-refractivity contribution is 8.23. The lowest BCUT2D eigenvalue weighted by Crippen LogP contribution is -2.20. The SMILES string of the molecule is CC(C)(CO)CO.O=C(O)C(S)(S)SO. The van der Waals surface area contributed by atoms with Crippen molar-refractivity contribution in [2.45, 2.75) is 17.3 Å². The van der Waals surface area contributed by atoms with E-state index in [-0.39, 0.29) is 30.7 Å². The molecule has 0 fully saturated rings. The third-order valence-electron chi connectivity index (χ3n) is 1.26. The minimum absolute atomic E-state index is 0.0451. The molecule has 0 saturated carbocycles. The van der Waals surface area contributed by atoms with Crippen molar-refractivity contribution >= 4 is 43.3 Å². The van der Waals surface area contributed by atoms with E-state index in [9.17, 15) is 4.79 Å². The summed E-state index contributed by atoms with van der Waals surface area (Å²) in [5, 5.41) is 25.0. The zero-order chi connectivity index (χ0) is 12.7. The van der Waals surface area contributed by atoms with Gasteiger partial charge in [0.2, 0.25) is 3.41 Å². The second-order valence-electron chi connectivity index (χ2n) is 3.49. The van der Waals surface area contributed by atoms with Gasteiger partial charge in [0.05, 0.1) is 13.2 Å². The number of aliphatic carboxylic acids is 1. The molecular weight excluding hydrogens is 260 g/mol. The smallest absolute Gasteiger partial charge is 0.342 e. The Bertz CT molecular complexity index is 189. The summed E-state index contributed by atoms with van der Waals surface area (Å²) in [6.45, 7) is 3.69. The number of hydrogen-bond donors (Lipinski definition) is 6. The molecule has 0 unspecified atom stereocenters. The number of carboxylic acid groups (broad SMARTS) is 1. The number of aliphatic hydroxyl groups excluding tert-OH is 2. The maximum Gasteiger partial charge on any atom is 0.342 e. The zero-order valence-electron chi connectivity index (χ0n) is 8.41. The molecule has 0 heterocycles. The van der Waals surface area contributed by atoms with Crippen LogP contribution in [0, 0.1) is 5.41 Å². The van der Waals surface area contributed by atoms with Gasteiger partial charge in [0, 0.05) is 17.5 Å². The number of hydrogen-bond acceptors (Lipinski definition) is 7. The first-order chi connectivity index (χ1) is 6.63. The lowest BCUT2D eigenvalue weighted by Gasteiger charge is -2.16. The number of rotatable bonds is 4. The normalized spacial score (nSPS) is 11.7. The van der Waals surface area contributed by atoms with E-state index < -0.39 is 9.38 Å². The average Bonchev–Trinajstić information content (AvgIpc) is 2.18. The van der Waals surface area contributed by atoms with Crippen LogP contribution in [0.25, 0.3) is 0 Å². The summed E-state index contributed by atoms with van der Waals surface area (Å²) in [5.41, 5.74) is -0.306. The van der Waals surface area contributed by atoms with Gasteiger partial charge < -0.3 is 19.9 Å². The molecule has 0 aliphatic heterocycles. The fourth-order valence-corrected chi connectivity index (χ4v) is 0.167. The van der Waals surface area contributed by atoms with Crippen LogP contribution in [0.3, 0.4) is 0 Å². The van der Waals surface area contributed by atoms with E-state index in [1.807, 2.05) is 0 Å². The Labute approximate surface area is 104 Å². The zero-order valence-corrected chi connectivity index (χ0v) is 11.0. The first-order valence-corrected chi connectivity index (χ1v) is 5.52. The fourth-order valence-electron chi connectivity index (χ4n) is 0.0890. The Kier molecular flexibility index (Phi) is 9.05. The van der Waals surface area contributed by atoms with Gasteiger partial charge in [-0.3, -0.25) is 0 Å². The minimum atomic E-state index is -1.68. The topological polar surface area (TPSA) is 98.0 Å². The largest absolute Gasteiger partial charge is 0.479 e. The van der Waals surface area contributed by atoms with Crippen molar-refractivity contribution in [2.75, 3.05) is 13.2 Å². The van der Waals surface area contributed by atoms with Crippen LogP contribution in [0.4, 0.5) is 0 Å². The minimum Gasteiger partial charge on any atom is -0.479 e. The van der Waals surface area contributed by atoms with Crippen molar-refractivity contribution in [3.8, 4) is 0 Å². The van der Waals surface area contributed by atoms with E-state index in [4.69, 9.17) is 19.9 Å². The molecule has 0 radical (unpaired) electrons. The van der Waals surface area contributed by atoms with Crippen LogP contribution < -0.4 is 0 Å². The van der Waals surface area contributed by atoms with Gasteiger partial charge in [-0.1, -0.05) is 13.8 Å². The fraction of sp³-hybridized carbons (Fsp3) is 0.857. The van der Waals surface area contributed by atoms with E-state index in [0.29, 0.717) is 0 Å². The van der Waals surface area contributed by atoms with Gasteiger partial charge in [0.15, 0.2) is 0 Å². The Morgan fingerprint density at radius 1 is 1.27 bits per heavy atom. The second kappa shape index (κ2) is 7.64. The van der Waals surface area contributed by atoms with Crippen LogP contribution in [0.1, 0.15) is 13.8 Å². The van der Waals surface area contributed by atoms with Gasteiger partial charge in [-0.05, 0) is 0 Å². The molecule has 0 amide bonds. The Balaban J connectivity index is 0. The van der Waals surface area contributed by atoms with Gasteiger partial charge in [-0.25, -0.2) is 4.79 Å². The standard InChI is InChI=1S/C5H12O2.C2H4O3S3/c1-5(2,3-6)4-7;3-1(4)2(6,7)8-5/h6-7H,3-4H2,1-2H3;5-7H,(H,3,4). The first-order valence-electron chi connectivity index (χ1n) is 3.85. The van der Waals surface area contributed by atoms with Gasteiger partial charge >= 0.3 is 5.97 Å². The summed E-state index contributed by atoms with van der Waals surface area (Å²) < 4.78 is 6.47.